The van der Waals surface area contributed by atoms with E-state index in [1.165, 1.54) is 6.08 Å². The topological polar surface area (TPSA) is 78.4 Å². The lowest BCUT2D eigenvalue weighted by Gasteiger charge is -2.10. The van der Waals surface area contributed by atoms with Gasteiger partial charge in [-0.3, -0.25) is 14.8 Å². The average molecular weight is 362 g/mol. The molecule has 0 unspecified atom stereocenters. The van der Waals surface area contributed by atoms with Crippen LogP contribution >= 0.6 is 0 Å². The summed E-state index contributed by atoms with van der Waals surface area (Å²) in [6, 6.07) is 15.6. The zero-order valence-electron chi connectivity index (χ0n) is 15.1. The third-order valence-electron chi connectivity index (χ3n) is 4.30. The molecule has 3 rings (SSSR count). The van der Waals surface area contributed by atoms with E-state index in [9.17, 15) is 9.59 Å². The smallest absolute Gasteiger partial charge is 0.267 e. The van der Waals surface area contributed by atoms with Crippen molar-refractivity contribution in [2.24, 2.45) is 0 Å². The molecule has 2 aromatic carbocycles. The van der Waals surface area contributed by atoms with E-state index in [0.717, 1.165) is 35.1 Å². The number of benzene rings is 2. The van der Waals surface area contributed by atoms with Crippen molar-refractivity contribution < 1.29 is 14.8 Å². The SMILES string of the molecule is Cc1ccc(C(=Cc2ccc(/C=C/C(=O)NO)cc2)C(=O)NC2CC2)cc1. The Morgan fingerprint density at radius 2 is 1.63 bits per heavy atom. The molecule has 138 valence electrons. The van der Waals surface area contributed by atoms with E-state index < -0.39 is 5.91 Å². The third-order valence-corrected chi connectivity index (χ3v) is 4.30. The standard InChI is InChI=1S/C22H22N2O3/c1-15-2-9-18(10-3-15)20(22(26)23-19-11-12-19)14-17-6-4-16(5-7-17)8-13-21(25)24-27/h2-10,13-14,19,27H,11-12H2,1H3,(H,23,26)(H,24,25)/b13-8+,20-14?. The summed E-state index contributed by atoms with van der Waals surface area (Å²) in [7, 11) is 0. The van der Waals surface area contributed by atoms with Crippen molar-refractivity contribution in [2.75, 3.05) is 0 Å². The minimum Gasteiger partial charge on any atom is -0.349 e. The first kappa shape index (κ1) is 18.6. The zero-order chi connectivity index (χ0) is 19.2. The van der Waals surface area contributed by atoms with Crippen LogP contribution in [0.5, 0.6) is 0 Å². The lowest BCUT2D eigenvalue weighted by atomic mass is 10.00. The van der Waals surface area contributed by atoms with Gasteiger partial charge in [0.2, 0.25) is 0 Å². The average Bonchev–Trinajstić information content (AvgIpc) is 3.50. The Labute approximate surface area is 158 Å². The van der Waals surface area contributed by atoms with E-state index in [1.807, 2.05) is 61.5 Å². The fraction of sp³-hybridized carbons (Fsp3) is 0.182. The van der Waals surface area contributed by atoms with Gasteiger partial charge in [-0.15, -0.1) is 0 Å². The minimum atomic E-state index is -0.586. The van der Waals surface area contributed by atoms with E-state index in [-0.39, 0.29) is 11.9 Å². The molecule has 0 atom stereocenters. The molecule has 2 aromatic rings. The first-order valence-electron chi connectivity index (χ1n) is 8.87. The van der Waals surface area contributed by atoms with Crippen LogP contribution in [0, 0.1) is 6.92 Å². The summed E-state index contributed by atoms with van der Waals surface area (Å²) in [5.74, 6) is -0.651. The van der Waals surface area contributed by atoms with Gasteiger partial charge in [0.1, 0.15) is 0 Å². The number of amides is 2. The van der Waals surface area contributed by atoms with Gasteiger partial charge in [-0.25, -0.2) is 5.48 Å². The monoisotopic (exact) mass is 362 g/mol. The van der Waals surface area contributed by atoms with E-state index in [4.69, 9.17) is 5.21 Å². The summed E-state index contributed by atoms with van der Waals surface area (Å²) in [4.78, 5) is 23.7. The second-order valence-electron chi connectivity index (χ2n) is 6.65. The second kappa shape index (κ2) is 8.47. The maximum atomic E-state index is 12.7. The van der Waals surface area contributed by atoms with E-state index in [1.54, 1.807) is 11.6 Å². The van der Waals surface area contributed by atoms with Gasteiger partial charge >= 0.3 is 0 Å². The van der Waals surface area contributed by atoms with Gasteiger partial charge < -0.3 is 5.32 Å². The molecule has 0 aliphatic heterocycles. The summed E-state index contributed by atoms with van der Waals surface area (Å²) in [5.41, 5.74) is 5.90. The van der Waals surface area contributed by atoms with Crippen molar-refractivity contribution in [2.45, 2.75) is 25.8 Å². The van der Waals surface area contributed by atoms with E-state index in [0.29, 0.717) is 5.57 Å². The molecule has 0 aromatic heterocycles. The highest BCUT2D eigenvalue weighted by molar-refractivity contribution is 6.24. The number of aryl methyl sites for hydroxylation is 1. The Morgan fingerprint density at radius 3 is 2.22 bits per heavy atom. The molecule has 0 heterocycles. The largest absolute Gasteiger partial charge is 0.349 e. The first-order valence-corrected chi connectivity index (χ1v) is 8.87. The molecule has 5 nitrogen and oxygen atoms in total. The van der Waals surface area contributed by atoms with Gasteiger partial charge in [-0.1, -0.05) is 54.1 Å². The van der Waals surface area contributed by atoms with Crippen molar-refractivity contribution >= 4 is 29.5 Å². The van der Waals surface area contributed by atoms with Gasteiger partial charge in [0.05, 0.1) is 0 Å². The molecule has 1 aliphatic carbocycles. The number of rotatable bonds is 6. The van der Waals surface area contributed by atoms with Gasteiger partial charge in [0, 0.05) is 17.7 Å². The highest BCUT2D eigenvalue weighted by atomic mass is 16.5. The normalized spacial score (nSPS) is 14.2. The maximum absolute atomic E-state index is 12.7. The van der Waals surface area contributed by atoms with Crippen molar-refractivity contribution in [3.63, 3.8) is 0 Å². The van der Waals surface area contributed by atoms with Crippen LogP contribution in [0.1, 0.15) is 35.1 Å². The molecule has 0 spiro atoms. The van der Waals surface area contributed by atoms with Crippen molar-refractivity contribution in [1.82, 2.24) is 10.8 Å². The highest BCUT2D eigenvalue weighted by Gasteiger charge is 2.25. The van der Waals surface area contributed by atoms with E-state index in [2.05, 4.69) is 5.32 Å². The molecule has 2 amide bonds. The molecule has 3 N–H and O–H groups in total. The minimum absolute atomic E-state index is 0.0649. The van der Waals surface area contributed by atoms with Crippen LogP contribution in [0.25, 0.3) is 17.7 Å². The predicted molar refractivity (Wildman–Crippen MR) is 106 cm³/mol. The summed E-state index contributed by atoms with van der Waals surface area (Å²) >= 11 is 0. The molecule has 0 radical (unpaired) electrons. The molecular formula is C22H22N2O3. The van der Waals surface area contributed by atoms with Gasteiger partial charge in [-0.2, -0.15) is 0 Å². The first-order chi connectivity index (χ1) is 13.0. The lowest BCUT2D eigenvalue weighted by molar-refractivity contribution is -0.124. The van der Waals surface area contributed by atoms with Crippen LogP contribution in [0.3, 0.4) is 0 Å². The summed E-state index contributed by atoms with van der Waals surface area (Å²) in [6.45, 7) is 2.01. The van der Waals surface area contributed by atoms with Crippen LogP contribution < -0.4 is 10.8 Å². The Morgan fingerprint density at radius 1 is 1.00 bits per heavy atom. The quantitative estimate of drug-likeness (QED) is 0.319. The van der Waals surface area contributed by atoms with Gasteiger partial charge in [-0.05, 0) is 48.6 Å². The Kier molecular flexibility index (Phi) is 5.84. The van der Waals surface area contributed by atoms with Gasteiger partial charge in [0.25, 0.3) is 11.8 Å². The zero-order valence-corrected chi connectivity index (χ0v) is 15.1. The number of hydroxylamine groups is 1. The van der Waals surface area contributed by atoms with Crippen LogP contribution in [0.2, 0.25) is 0 Å². The van der Waals surface area contributed by atoms with E-state index >= 15 is 0 Å². The Hall–Kier alpha value is -3.18. The highest BCUT2D eigenvalue weighted by Crippen LogP contribution is 2.24. The number of hydrogen-bond acceptors (Lipinski definition) is 3. The maximum Gasteiger partial charge on any atom is 0.267 e. The summed E-state index contributed by atoms with van der Waals surface area (Å²) in [6.07, 6.45) is 6.78. The van der Waals surface area contributed by atoms with Crippen molar-refractivity contribution in [1.29, 1.82) is 0 Å². The molecule has 0 bridgehead atoms. The molecule has 1 saturated carbocycles. The third kappa shape index (κ3) is 5.39. The van der Waals surface area contributed by atoms with Gasteiger partial charge in [0.15, 0.2) is 0 Å². The predicted octanol–water partition coefficient (Wildman–Crippen LogP) is 3.33. The number of hydrogen-bond donors (Lipinski definition) is 3. The second-order valence-corrected chi connectivity index (χ2v) is 6.65. The summed E-state index contributed by atoms with van der Waals surface area (Å²) < 4.78 is 0. The molecule has 1 aliphatic rings. The Bertz CT molecular complexity index is 877. The molecule has 1 fully saturated rings. The number of nitrogens with one attached hydrogen (secondary N) is 2. The number of carbonyl (C=O) groups is 2. The Balaban J connectivity index is 1.85. The fourth-order valence-corrected chi connectivity index (χ4v) is 2.58. The number of carbonyl (C=O) groups excluding carboxylic acids is 2. The fourth-order valence-electron chi connectivity index (χ4n) is 2.58. The summed E-state index contributed by atoms with van der Waals surface area (Å²) in [5, 5.41) is 11.6. The van der Waals surface area contributed by atoms with Crippen LogP contribution in [-0.4, -0.2) is 23.1 Å². The molecular weight excluding hydrogens is 340 g/mol. The molecule has 5 heteroatoms. The lowest BCUT2D eigenvalue weighted by Crippen LogP contribution is -2.26. The van der Waals surface area contributed by atoms with Crippen molar-refractivity contribution in [3.05, 3.63) is 76.9 Å². The van der Waals surface area contributed by atoms with Crippen molar-refractivity contribution in [3.8, 4) is 0 Å². The molecule has 27 heavy (non-hydrogen) atoms. The molecule has 0 saturated heterocycles. The van der Waals surface area contributed by atoms with Crippen LogP contribution in [0.4, 0.5) is 0 Å². The van der Waals surface area contributed by atoms with Crippen LogP contribution in [0.15, 0.2) is 54.6 Å². The van der Waals surface area contributed by atoms with Crippen LogP contribution in [-0.2, 0) is 9.59 Å².